The van der Waals surface area contributed by atoms with Crippen LogP contribution in [0.1, 0.15) is 98.2 Å². The maximum atomic E-state index is 13.3. The van der Waals surface area contributed by atoms with Gasteiger partial charge in [0.05, 0.1) is 17.2 Å². The first kappa shape index (κ1) is 31.4. The fraction of sp³-hybridized carbons (Fsp3) is 0.484. The fourth-order valence-electron chi connectivity index (χ4n) is 4.86. The van der Waals surface area contributed by atoms with Gasteiger partial charge in [0.25, 0.3) is 11.8 Å². The summed E-state index contributed by atoms with van der Waals surface area (Å²) in [6.45, 7) is 12.1. The maximum Gasteiger partial charge on any atom is 0.409 e. The Labute approximate surface area is 242 Å². The average molecular weight is 567 g/mol. The lowest BCUT2D eigenvalue weighted by molar-refractivity contribution is 0.0550. The highest BCUT2D eigenvalue weighted by molar-refractivity contribution is 6.21. The van der Waals surface area contributed by atoms with Crippen molar-refractivity contribution in [3.05, 3.63) is 64.7 Å². The normalized spacial score (nSPS) is 14.6. The smallest absolute Gasteiger partial charge is 0.409 e. The van der Waals surface area contributed by atoms with Crippen LogP contribution in [0.25, 0.3) is 0 Å². The highest BCUT2D eigenvalue weighted by Gasteiger charge is 2.40. The van der Waals surface area contributed by atoms with Gasteiger partial charge in [-0.25, -0.2) is 9.59 Å². The van der Waals surface area contributed by atoms with Crippen LogP contribution in [0.4, 0.5) is 15.3 Å². The number of nitrogens with zero attached hydrogens (tertiary/aromatic N) is 2. The zero-order valence-electron chi connectivity index (χ0n) is 24.9. The molecule has 0 radical (unpaired) electrons. The van der Waals surface area contributed by atoms with Crippen molar-refractivity contribution in [2.24, 2.45) is 0 Å². The van der Waals surface area contributed by atoms with Crippen molar-refractivity contribution in [2.75, 3.05) is 18.0 Å². The molecule has 2 N–H and O–H groups in total. The van der Waals surface area contributed by atoms with Crippen LogP contribution < -0.4 is 15.5 Å². The number of unbranched alkanes of at least 4 members (excludes halogenated alkanes) is 2. The Morgan fingerprint density at radius 2 is 1.32 bits per heavy atom. The zero-order chi connectivity index (χ0) is 30.1. The third-order valence-electron chi connectivity index (χ3n) is 7.06. The number of nitrogens with one attached hydrogen (secondary N) is 2. The number of fused-ring (bicyclic) bond motifs is 1. The predicted octanol–water partition coefficient (Wildman–Crippen LogP) is 5.90. The van der Waals surface area contributed by atoms with Gasteiger partial charge in [-0.3, -0.25) is 14.5 Å². The minimum Gasteiger partial charge on any atom is -0.426 e. The van der Waals surface area contributed by atoms with Crippen molar-refractivity contribution >= 4 is 29.7 Å². The first-order valence-electron chi connectivity index (χ1n) is 14.3. The van der Waals surface area contributed by atoms with Crippen molar-refractivity contribution in [3.63, 3.8) is 0 Å². The van der Waals surface area contributed by atoms with E-state index in [1.807, 2.05) is 39.0 Å². The van der Waals surface area contributed by atoms with Crippen LogP contribution in [0.3, 0.4) is 0 Å². The third-order valence-corrected chi connectivity index (χ3v) is 7.06. The molecule has 1 aliphatic heterocycles. The molecule has 0 aromatic heterocycles. The Morgan fingerprint density at radius 1 is 0.829 bits per heavy atom. The number of anilines is 1. The minimum atomic E-state index is -0.870. The second kappa shape index (κ2) is 14.5. The number of carbonyl (C=O) groups excluding carboxylic acids is 4. The Kier molecular flexibility index (Phi) is 11.1. The van der Waals surface area contributed by atoms with Gasteiger partial charge in [-0.05, 0) is 69.9 Å². The van der Waals surface area contributed by atoms with E-state index in [0.29, 0.717) is 35.5 Å². The molecule has 2 aromatic rings. The van der Waals surface area contributed by atoms with Gasteiger partial charge in [-0.2, -0.15) is 0 Å². The molecule has 0 fully saturated rings. The van der Waals surface area contributed by atoms with E-state index < -0.39 is 30.7 Å². The van der Waals surface area contributed by atoms with Crippen molar-refractivity contribution in [3.8, 4) is 0 Å². The van der Waals surface area contributed by atoms with Crippen LogP contribution in [0.15, 0.2) is 42.5 Å². The van der Waals surface area contributed by atoms with Gasteiger partial charge in [0, 0.05) is 18.8 Å². The summed E-state index contributed by atoms with van der Waals surface area (Å²) in [7, 11) is 0. The Balaban J connectivity index is 1.98. The molecule has 0 spiro atoms. The molecule has 0 aliphatic carbocycles. The van der Waals surface area contributed by atoms with Gasteiger partial charge < -0.3 is 25.0 Å². The van der Waals surface area contributed by atoms with Crippen LogP contribution in [-0.4, -0.2) is 54.4 Å². The fourth-order valence-corrected chi connectivity index (χ4v) is 4.86. The second-order valence-electron chi connectivity index (χ2n) is 10.2. The number of hydrogen-bond donors (Lipinski definition) is 2. The molecule has 41 heavy (non-hydrogen) atoms. The molecule has 1 aliphatic rings. The topological polar surface area (TPSA) is 117 Å². The molecule has 4 amide bonds. The van der Waals surface area contributed by atoms with E-state index in [0.717, 1.165) is 31.2 Å². The molecule has 3 rings (SSSR count). The van der Waals surface area contributed by atoms with Crippen LogP contribution >= 0.6 is 0 Å². The lowest BCUT2D eigenvalue weighted by Crippen LogP contribution is -2.48. The molecule has 0 saturated heterocycles. The van der Waals surface area contributed by atoms with Crippen LogP contribution in [0.5, 0.6) is 0 Å². The zero-order valence-corrected chi connectivity index (χ0v) is 24.9. The summed E-state index contributed by atoms with van der Waals surface area (Å²) >= 11 is 0. The van der Waals surface area contributed by atoms with E-state index in [1.165, 1.54) is 4.90 Å². The maximum absolute atomic E-state index is 13.3. The number of aryl methyl sites for hydroxylation is 1. The molecule has 2 aromatic carbocycles. The Morgan fingerprint density at radius 3 is 1.78 bits per heavy atom. The summed E-state index contributed by atoms with van der Waals surface area (Å²) in [5.41, 5.74) is 2.81. The molecule has 10 heteroatoms. The minimum absolute atomic E-state index is 0.357. The van der Waals surface area contributed by atoms with Crippen molar-refractivity contribution < 1.29 is 28.7 Å². The highest BCUT2D eigenvalue weighted by atomic mass is 16.6. The highest BCUT2D eigenvalue weighted by Crippen LogP contribution is 2.37. The van der Waals surface area contributed by atoms with Crippen LogP contribution in [-0.2, 0) is 9.47 Å². The molecule has 1 heterocycles. The summed E-state index contributed by atoms with van der Waals surface area (Å²) in [5.74, 6) is -0.759. The number of amides is 4. The summed E-state index contributed by atoms with van der Waals surface area (Å²) in [4.78, 5) is 54.8. The number of carbonyl (C=O) groups is 4. The van der Waals surface area contributed by atoms with Gasteiger partial charge in [0.1, 0.15) is 0 Å². The standard InChI is InChI=1S/C31H42N4O6/c1-7-9-17-32-30(38)40-22(5)35(23(6)41-31(39)33-18-10-8-2)27-19-20(3)15-16-24(27)21(4)34-28(36)25-13-11-12-14-26(25)29(34)37/h11-16,19,21-23H,7-10,17-18H2,1-6H3,(H,32,38)(H,33,39). The molecular weight excluding hydrogens is 524 g/mol. The lowest BCUT2D eigenvalue weighted by atomic mass is 10.0. The largest absolute Gasteiger partial charge is 0.426 e. The van der Waals surface area contributed by atoms with E-state index >= 15 is 0 Å². The molecule has 0 bridgehead atoms. The van der Waals surface area contributed by atoms with Crippen molar-refractivity contribution in [2.45, 2.75) is 85.7 Å². The van der Waals surface area contributed by atoms with E-state index in [2.05, 4.69) is 10.6 Å². The molecule has 3 unspecified atom stereocenters. The van der Waals surface area contributed by atoms with Gasteiger partial charge in [-0.15, -0.1) is 0 Å². The van der Waals surface area contributed by atoms with Crippen molar-refractivity contribution in [1.82, 2.24) is 15.5 Å². The number of ether oxygens (including phenoxy) is 2. The first-order valence-corrected chi connectivity index (χ1v) is 14.3. The second-order valence-corrected chi connectivity index (χ2v) is 10.2. The Bertz CT molecular complexity index is 1180. The quantitative estimate of drug-likeness (QED) is 0.176. The van der Waals surface area contributed by atoms with E-state index in [1.54, 1.807) is 49.9 Å². The van der Waals surface area contributed by atoms with E-state index in [9.17, 15) is 19.2 Å². The predicted molar refractivity (Wildman–Crippen MR) is 157 cm³/mol. The third kappa shape index (κ3) is 7.56. The SMILES string of the molecule is CCCCNC(=O)OC(C)N(c1cc(C)ccc1C(C)N1C(=O)c2ccccc2C1=O)C(C)OC(=O)NCCCC. The van der Waals surface area contributed by atoms with Crippen LogP contribution in [0, 0.1) is 6.92 Å². The number of rotatable bonds is 13. The molecule has 222 valence electrons. The molecule has 0 saturated carbocycles. The van der Waals surface area contributed by atoms with Gasteiger partial charge in [0.15, 0.2) is 12.5 Å². The van der Waals surface area contributed by atoms with E-state index in [4.69, 9.17) is 9.47 Å². The summed E-state index contributed by atoms with van der Waals surface area (Å²) in [6.07, 6.45) is 0.519. The average Bonchev–Trinajstić information content (AvgIpc) is 3.18. The lowest BCUT2D eigenvalue weighted by Gasteiger charge is -2.38. The van der Waals surface area contributed by atoms with Crippen LogP contribution in [0.2, 0.25) is 0 Å². The summed E-state index contributed by atoms with van der Waals surface area (Å²) in [5, 5.41) is 5.49. The van der Waals surface area contributed by atoms with Gasteiger partial charge >= 0.3 is 12.2 Å². The van der Waals surface area contributed by atoms with Gasteiger partial charge in [0.2, 0.25) is 0 Å². The van der Waals surface area contributed by atoms with E-state index in [-0.39, 0.29) is 11.8 Å². The van der Waals surface area contributed by atoms with Gasteiger partial charge in [-0.1, -0.05) is 51.0 Å². The Hall–Kier alpha value is -4.08. The number of alkyl carbamates (subject to hydrolysis) is 2. The van der Waals surface area contributed by atoms with Crippen molar-refractivity contribution in [1.29, 1.82) is 0 Å². The summed E-state index contributed by atoms with van der Waals surface area (Å²) in [6, 6.07) is 11.7. The molecule has 10 nitrogen and oxygen atoms in total. The summed E-state index contributed by atoms with van der Waals surface area (Å²) < 4.78 is 11.4. The first-order chi connectivity index (χ1) is 19.6. The number of hydrogen-bond acceptors (Lipinski definition) is 7. The monoisotopic (exact) mass is 566 g/mol. The molecule has 3 atom stereocenters. The molecular formula is C31H42N4O6. The number of imide groups is 1. The number of benzene rings is 2.